The molecule has 2 aliphatic carbocycles. The Hall–Kier alpha value is -1.65. The summed E-state index contributed by atoms with van der Waals surface area (Å²) in [6.45, 7) is 7.30. The van der Waals surface area contributed by atoms with Crippen LogP contribution in [0.3, 0.4) is 0 Å². The van der Waals surface area contributed by atoms with E-state index < -0.39 is 22.9 Å². The first-order valence-corrected chi connectivity index (χ1v) is 11.4. The van der Waals surface area contributed by atoms with Crippen molar-refractivity contribution in [1.82, 2.24) is 4.90 Å². The summed E-state index contributed by atoms with van der Waals surface area (Å²) in [7, 11) is 0. The normalized spacial score (nSPS) is 39.1. The zero-order chi connectivity index (χ0) is 20.7. The molecule has 3 heterocycles. The van der Waals surface area contributed by atoms with Crippen molar-refractivity contribution in [3.05, 3.63) is 28.8 Å². The Labute approximate surface area is 177 Å². The third kappa shape index (κ3) is 2.22. The maximum atomic E-state index is 12.5. The molecule has 1 N–H and O–H groups in total. The number of aliphatic hydroxyl groups is 1. The van der Waals surface area contributed by atoms with E-state index in [1.807, 2.05) is 12.1 Å². The topological polar surface area (TPSA) is 75.0 Å². The Bertz CT molecular complexity index is 932. The van der Waals surface area contributed by atoms with Crippen LogP contribution in [0.15, 0.2) is 12.1 Å². The molecule has 5 aliphatic rings. The molecule has 160 valence electrons. The number of nitriles is 1. The molecule has 6 heteroatoms. The molecule has 0 amide bonds. The third-order valence-electron chi connectivity index (χ3n) is 8.64. The Kier molecular flexibility index (Phi) is 3.94. The minimum absolute atomic E-state index is 0.00722. The number of rotatable bonds is 2. The molecular formula is C24H30N2O4. The lowest BCUT2D eigenvalue weighted by Crippen LogP contribution is -2.77. The van der Waals surface area contributed by atoms with E-state index in [1.165, 1.54) is 12.8 Å². The number of aryl methyl sites for hydroxylation is 1. The van der Waals surface area contributed by atoms with Crippen molar-refractivity contribution in [2.45, 2.75) is 74.9 Å². The second-order valence-corrected chi connectivity index (χ2v) is 10.0. The number of ether oxygens (including phenoxy) is 3. The van der Waals surface area contributed by atoms with Crippen LogP contribution in [-0.2, 0) is 14.9 Å². The van der Waals surface area contributed by atoms with Crippen LogP contribution >= 0.6 is 0 Å². The molecule has 4 fully saturated rings. The summed E-state index contributed by atoms with van der Waals surface area (Å²) < 4.78 is 19.0. The lowest BCUT2D eigenvalue weighted by molar-refractivity contribution is -0.293. The SMILES string of the molecule is Cc1ccc(C#N)c2c1[C@]13CCN(CC4CC4)[C@H](C)C1(O)CCC1(OCCO1)C3O2. The fraction of sp³-hybridized carbons (Fsp3) is 0.708. The van der Waals surface area contributed by atoms with E-state index >= 15 is 0 Å². The van der Waals surface area contributed by atoms with Gasteiger partial charge in [0.25, 0.3) is 0 Å². The molecule has 6 rings (SSSR count). The fourth-order valence-electron chi connectivity index (χ4n) is 6.94. The average Bonchev–Trinajstić information content (AvgIpc) is 3.30. The van der Waals surface area contributed by atoms with E-state index in [9.17, 15) is 10.4 Å². The van der Waals surface area contributed by atoms with Crippen LogP contribution in [-0.4, -0.2) is 59.8 Å². The molecule has 0 bridgehead atoms. The summed E-state index contributed by atoms with van der Waals surface area (Å²) in [5.74, 6) is 0.559. The van der Waals surface area contributed by atoms with Crippen LogP contribution in [0.25, 0.3) is 0 Å². The van der Waals surface area contributed by atoms with Crippen molar-refractivity contribution in [2.75, 3.05) is 26.3 Å². The molecule has 2 unspecified atom stereocenters. The van der Waals surface area contributed by atoms with E-state index in [0.29, 0.717) is 37.4 Å². The number of hydrogen-bond acceptors (Lipinski definition) is 6. The minimum atomic E-state index is -0.963. The molecular weight excluding hydrogens is 380 g/mol. The third-order valence-corrected chi connectivity index (χ3v) is 8.64. The molecule has 0 aromatic heterocycles. The summed E-state index contributed by atoms with van der Waals surface area (Å²) >= 11 is 0. The van der Waals surface area contributed by atoms with Crippen LogP contribution in [0, 0.1) is 24.2 Å². The molecule has 6 nitrogen and oxygen atoms in total. The summed E-state index contributed by atoms with van der Waals surface area (Å²) in [6, 6.07) is 6.14. The van der Waals surface area contributed by atoms with E-state index in [1.54, 1.807) is 0 Å². The summed E-state index contributed by atoms with van der Waals surface area (Å²) in [6.07, 6.45) is 4.15. The minimum Gasteiger partial charge on any atom is -0.482 e. The first-order chi connectivity index (χ1) is 14.5. The van der Waals surface area contributed by atoms with Crippen LogP contribution in [0.2, 0.25) is 0 Å². The van der Waals surface area contributed by atoms with Gasteiger partial charge in [-0.05, 0) is 63.6 Å². The van der Waals surface area contributed by atoms with Gasteiger partial charge < -0.3 is 19.3 Å². The van der Waals surface area contributed by atoms with Crippen LogP contribution in [0.1, 0.15) is 55.7 Å². The molecule has 0 radical (unpaired) electrons. The highest BCUT2D eigenvalue weighted by atomic mass is 16.8. The van der Waals surface area contributed by atoms with E-state index in [0.717, 1.165) is 36.6 Å². The number of benzene rings is 1. The van der Waals surface area contributed by atoms with Crippen molar-refractivity contribution >= 4 is 0 Å². The predicted molar refractivity (Wildman–Crippen MR) is 109 cm³/mol. The van der Waals surface area contributed by atoms with Crippen molar-refractivity contribution in [1.29, 1.82) is 5.26 Å². The smallest absolute Gasteiger partial charge is 0.207 e. The van der Waals surface area contributed by atoms with E-state index in [4.69, 9.17) is 14.2 Å². The molecule has 1 aromatic carbocycles. The standard InChI is InChI=1S/C24H30N2O4/c1-15-3-6-18(13-25)20-19(15)22-9-10-26(14-17-4-5-17)16(2)23(22,27)7-8-24(21(22)30-20)28-11-12-29-24/h3,6,16-17,21,27H,4-5,7-12,14H2,1-2H3/t16-,21?,22+,23?/m1/s1. The van der Waals surface area contributed by atoms with Gasteiger partial charge in [0.15, 0.2) is 6.10 Å². The Morgan fingerprint density at radius 2 is 1.97 bits per heavy atom. The summed E-state index contributed by atoms with van der Waals surface area (Å²) in [5.41, 5.74) is 1.01. The second kappa shape index (κ2) is 6.20. The van der Waals surface area contributed by atoms with Crippen molar-refractivity contribution < 1.29 is 19.3 Å². The molecule has 2 saturated carbocycles. The van der Waals surface area contributed by atoms with Crippen LogP contribution in [0.4, 0.5) is 0 Å². The quantitative estimate of drug-likeness (QED) is 0.808. The van der Waals surface area contributed by atoms with Gasteiger partial charge in [0.1, 0.15) is 11.8 Å². The summed E-state index contributed by atoms with van der Waals surface area (Å²) in [5, 5.41) is 22.3. The number of hydrogen-bond donors (Lipinski definition) is 1. The Morgan fingerprint density at radius 3 is 2.67 bits per heavy atom. The van der Waals surface area contributed by atoms with Gasteiger partial charge in [0.05, 0.1) is 29.8 Å². The number of fused-ring (bicyclic) bond motifs is 2. The van der Waals surface area contributed by atoms with Gasteiger partial charge in [-0.2, -0.15) is 5.26 Å². The first kappa shape index (κ1) is 19.1. The Morgan fingerprint density at radius 1 is 1.20 bits per heavy atom. The maximum Gasteiger partial charge on any atom is 0.207 e. The number of nitrogens with zero attached hydrogens (tertiary/aromatic N) is 2. The van der Waals surface area contributed by atoms with Crippen molar-refractivity contribution in [3.8, 4) is 11.8 Å². The van der Waals surface area contributed by atoms with Gasteiger partial charge in [-0.3, -0.25) is 4.90 Å². The lowest BCUT2D eigenvalue weighted by Gasteiger charge is -2.62. The first-order valence-electron chi connectivity index (χ1n) is 11.4. The van der Waals surface area contributed by atoms with Gasteiger partial charge in [-0.15, -0.1) is 0 Å². The van der Waals surface area contributed by atoms with Gasteiger partial charge in [-0.1, -0.05) is 6.07 Å². The zero-order valence-corrected chi connectivity index (χ0v) is 17.8. The molecule has 2 saturated heterocycles. The number of piperidine rings is 1. The Balaban J connectivity index is 1.54. The molecule has 3 aliphatic heterocycles. The van der Waals surface area contributed by atoms with Crippen LogP contribution in [0.5, 0.6) is 5.75 Å². The number of likely N-dealkylation sites (tertiary alicyclic amines) is 1. The van der Waals surface area contributed by atoms with Gasteiger partial charge in [0, 0.05) is 24.6 Å². The van der Waals surface area contributed by atoms with Gasteiger partial charge in [0.2, 0.25) is 5.79 Å². The zero-order valence-electron chi connectivity index (χ0n) is 17.8. The van der Waals surface area contributed by atoms with Gasteiger partial charge >= 0.3 is 0 Å². The fourth-order valence-corrected chi connectivity index (χ4v) is 6.94. The van der Waals surface area contributed by atoms with Crippen LogP contribution < -0.4 is 4.74 Å². The van der Waals surface area contributed by atoms with E-state index in [-0.39, 0.29) is 6.04 Å². The molecule has 1 aromatic rings. The lowest BCUT2D eigenvalue weighted by atomic mass is 9.51. The second-order valence-electron chi connectivity index (χ2n) is 10.0. The molecule has 30 heavy (non-hydrogen) atoms. The summed E-state index contributed by atoms with van der Waals surface area (Å²) in [4.78, 5) is 2.48. The van der Waals surface area contributed by atoms with Crippen molar-refractivity contribution in [2.24, 2.45) is 5.92 Å². The van der Waals surface area contributed by atoms with Crippen molar-refractivity contribution in [3.63, 3.8) is 0 Å². The highest BCUT2D eigenvalue weighted by molar-refractivity contribution is 5.61. The predicted octanol–water partition coefficient (Wildman–Crippen LogP) is 2.64. The van der Waals surface area contributed by atoms with E-state index in [2.05, 4.69) is 24.8 Å². The average molecular weight is 411 g/mol. The highest BCUT2D eigenvalue weighted by Crippen LogP contribution is 2.65. The highest BCUT2D eigenvalue weighted by Gasteiger charge is 2.75. The van der Waals surface area contributed by atoms with Gasteiger partial charge in [-0.25, -0.2) is 0 Å². The monoisotopic (exact) mass is 410 g/mol. The maximum absolute atomic E-state index is 12.5. The largest absolute Gasteiger partial charge is 0.482 e. The molecule has 2 spiro atoms. The molecule has 4 atom stereocenters.